The molecule has 3 amide bonds. The van der Waals surface area contributed by atoms with Gasteiger partial charge < -0.3 is 23.9 Å². The molecule has 1 N–H and O–H groups in total. The first-order chi connectivity index (χ1) is 15.4. The molecule has 0 bridgehead atoms. The van der Waals surface area contributed by atoms with Gasteiger partial charge in [-0.1, -0.05) is 6.08 Å². The Morgan fingerprint density at radius 1 is 1.25 bits per heavy atom. The summed E-state index contributed by atoms with van der Waals surface area (Å²) in [7, 11) is 2.76. The van der Waals surface area contributed by atoms with Crippen molar-refractivity contribution in [1.29, 1.82) is 0 Å². The molecular formula is C23H24N2O7. The predicted octanol–water partition coefficient (Wildman–Crippen LogP) is 3.29. The normalized spacial score (nSPS) is 14.5. The summed E-state index contributed by atoms with van der Waals surface area (Å²) >= 11 is 0. The molecule has 0 unspecified atom stereocenters. The zero-order valence-corrected chi connectivity index (χ0v) is 18.1. The van der Waals surface area contributed by atoms with Crippen LogP contribution in [0.3, 0.4) is 0 Å². The quantitative estimate of drug-likeness (QED) is 0.276. The number of carbonyl (C=O) groups excluding carboxylic acids is 3. The molecule has 0 atom stereocenters. The van der Waals surface area contributed by atoms with Gasteiger partial charge in [0, 0.05) is 5.56 Å². The van der Waals surface area contributed by atoms with Gasteiger partial charge in [-0.25, -0.2) is 9.59 Å². The number of hydrogen-bond donors (Lipinski definition) is 1. The minimum atomic E-state index is -0.645. The SMILES string of the molecule is C=CCc1cc(C=C2NC(=O)N(Cc3ccc(C(=O)OC)o3)C2=O)cc(OC)c1OCC. The van der Waals surface area contributed by atoms with Crippen molar-refractivity contribution in [2.24, 2.45) is 0 Å². The lowest BCUT2D eigenvalue weighted by Crippen LogP contribution is -2.30. The van der Waals surface area contributed by atoms with Crippen molar-refractivity contribution >= 4 is 24.0 Å². The molecule has 0 saturated carbocycles. The van der Waals surface area contributed by atoms with Crippen LogP contribution in [0.2, 0.25) is 0 Å². The van der Waals surface area contributed by atoms with E-state index in [4.69, 9.17) is 13.9 Å². The lowest BCUT2D eigenvalue weighted by molar-refractivity contribution is -0.123. The van der Waals surface area contributed by atoms with Crippen LogP contribution in [-0.2, 0) is 22.5 Å². The Kier molecular flexibility index (Phi) is 6.99. The van der Waals surface area contributed by atoms with E-state index in [1.807, 2.05) is 13.0 Å². The van der Waals surface area contributed by atoms with Gasteiger partial charge >= 0.3 is 12.0 Å². The van der Waals surface area contributed by atoms with Gasteiger partial charge in [0.2, 0.25) is 5.76 Å². The average molecular weight is 440 g/mol. The molecule has 2 heterocycles. The van der Waals surface area contributed by atoms with Crippen molar-refractivity contribution in [3.05, 3.63) is 65.3 Å². The molecule has 1 saturated heterocycles. The fraction of sp³-hybridized carbons (Fsp3) is 0.261. The zero-order valence-electron chi connectivity index (χ0n) is 18.1. The minimum Gasteiger partial charge on any atom is -0.493 e. The van der Waals surface area contributed by atoms with Crippen molar-refractivity contribution in [2.45, 2.75) is 19.9 Å². The van der Waals surface area contributed by atoms with Gasteiger partial charge in [0.15, 0.2) is 11.5 Å². The molecule has 1 aliphatic heterocycles. The first-order valence-electron chi connectivity index (χ1n) is 9.88. The van der Waals surface area contributed by atoms with Gasteiger partial charge in [0.1, 0.15) is 11.5 Å². The van der Waals surface area contributed by atoms with E-state index in [0.29, 0.717) is 30.1 Å². The number of nitrogens with zero attached hydrogens (tertiary/aromatic N) is 1. The third-order valence-electron chi connectivity index (χ3n) is 4.66. The van der Waals surface area contributed by atoms with Crippen molar-refractivity contribution < 1.29 is 33.0 Å². The number of allylic oxidation sites excluding steroid dienone is 1. The fourth-order valence-corrected chi connectivity index (χ4v) is 3.24. The van der Waals surface area contributed by atoms with E-state index < -0.39 is 17.9 Å². The second-order valence-electron chi connectivity index (χ2n) is 6.77. The highest BCUT2D eigenvalue weighted by atomic mass is 16.5. The fourth-order valence-electron chi connectivity index (χ4n) is 3.24. The number of rotatable bonds is 9. The maximum absolute atomic E-state index is 12.8. The first kappa shape index (κ1) is 22.7. The van der Waals surface area contributed by atoms with E-state index in [0.717, 1.165) is 10.5 Å². The Bertz CT molecular complexity index is 1080. The van der Waals surface area contributed by atoms with E-state index in [1.165, 1.54) is 26.4 Å². The van der Waals surface area contributed by atoms with E-state index in [1.54, 1.807) is 18.2 Å². The number of imide groups is 1. The Balaban J connectivity index is 1.86. The summed E-state index contributed by atoms with van der Waals surface area (Å²) in [6.45, 7) is 5.98. The molecule has 168 valence electrons. The topological polar surface area (TPSA) is 107 Å². The highest BCUT2D eigenvalue weighted by Gasteiger charge is 2.34. The molecule has 1 aromatic heterocycles. The highest BCUT2D eigenvalue weighted by molar-refractivity contribution is 6.13. The van der Waals surface area contributed by atoms with Crippen LogP contribution in [0, 0.1) is 0 Å². The van der Waals surface area contributed by atoms with Crippen LogP contribution in [0.5, 0.6) is 11.5 Å². The maximum atomic E-state index is 12.8. The molecule has 9 nitrogen and oxygen atoms in total. The second-order valence-corrected chi connectivity index (χ2v) is 6.77. The van der Waals surface area contributed by atoms with Gasteiger partial charge in [-0.3, -0.25) is 9.69 Å². The molecule has 0 radical (unpaired) electrons. The summed E-state index contributed by atoms with van der Waals surface area (Å²) < 4.78 is 21.1. The highest BCUT2D eigenvalue weighted by Crippen LogP contribution is 2.34. The molecule has 0 aliphatic carbocycles. The van der Waals surface area contributed by atoms with Gasteiger partial charge in [-0.2, -0.15) is 0 Å². The van der Waals surface area contributed by atoms with Crippen molar-refractivity contribution in [3.8, 4) is 11.5 Å². The molecule has 9 heteroatoms. The number of hydrogen-bond acceptors (Lipinski definition) is 7. The van der Waals surface area contributed by atoms with Gasteiger partial charge in [0.05, 0.1) is 27.4 Å². The van der Waals surface area contributed by atoms with Crippen molar-refractivity contribution in [1.82, 2.24) is 10.2 Å². The van der Waals surface area contributed by atoms with E-state index in [-0.39, 0.29) is 23.8 Å². The molecule has 1 aromatic carbocycles. The smallest absolute Gasteiger partial charge is 0.373 e. The molecular weight excluding hydrogens is 416 g/mol. The van der Waals surface area contributed by atoms with Crippen molar-refractivity contribution in [3.63, 3.8) is 0 Å². The lowest BCUT2D eigenvalue weighted by atomic mass is 10.0. The van der Waals surface area contributed by atoms with Crippen molar-refractivity contribution in [2.75, 3.05) is 20.8 Å². The van der Waals surface area contributed by atoms with Gasteiger partial charge in [-0.05, 0) is 49.2 Å². The molecule has 1 fully saturated rings. The summed E-state index contributed by atoms with van der Waals surface area (Å²) in [5.74, 6) is 0.211. The number of benzene rings is 1. The van der Waals surface area contributed by atoms with Crippen LogP contribution >= 0.6 is 0 Å². The maximum Gasteiger partial charge on any atom is 0.373 e. The number of carbonyl (C=O) groups is 3. The van der Waals surface area contributed by atoms with E-state index in [2.05, 4.69) is 16.6 Å². The van der Waals surface area contributed by atoms with E-state index in [9.17, 15) is 14.4 Å². The Morgan fingerprint density at radius 2 is 2.03 bits per heavy atom. The molecule has 1 aliphatic rings. The number of esters is 1. The van der Waals surface area contributed by atoms with Crippen LogP contribution in [0.15, 0.2) is 47.0 Å². The van der Waals surface area contributed by atoms with Crippen LogP contribution in [0.4, 0.5) is 4.79 Å². The average Bonchev–Trinajstić information content (AvgIpc) is 3.35. The van der Waals surface area contributed by atoms with Gasteiger partial charge in [0.25, 0.3) is 5.91 Å². The molecule has 32 heavy (non-hydrogen) atoms. The summed E-state index contributed by atoms with van der Waals surface area (Å²) in [5, 5.41) is 2.56. The number of nitrogens with one attached hydrogen (secondary N) is 1. The number of amides is 3. The number of methoxy groups -OCH3 is 2. The number of ether oxygens (including phenoxy) is 3. The van der Waals surface area contributed by atoms with Crippen LogP contribution in [0.1, 0.15) is 34.4 Å². The largest absolute Gasteiger partial charge is 0.493 e. The van der Waals surface area contributed by atoms with E-state index >= 15 is 0 Å². The molecule has 0 spiro atoms. The Hall–Kier alpha value is -4.01. The zero-order chi connectivity index (χ0) is 23.3. The second kappa shape index (κ2) is 9.86. The predicted molar refractivity (Wildman–Crippen MR) is 115 cm³/mol. The number of urea groups is 1. The summed E-state index contributed by atoms with van der Waals surface area (Å²) in [4.78, 5) is 37.7. The number of furan rings is 1. The van der Waals surface area contributed by atoms with Crippen LogP contribution < -0.4 is 14.8 Å². The lowest BCUT2D eigenvalue weighted by Gasteiger charge is -2.15. The monoisotopic (exact) mass is 440 g/mol. The molecule has 3 rings (SSSR count). The summed E-state index contributed by atoms with van der Waals surface area (Å²) in [6.07, 6.45) is 3.84. The standard InChI is InChI=1S/C23H24N2O7/c1-5-7-15-10-14(12-19(29-3)20(15)31-6-2)11-17-21(26)25(23(28)24-17)13-16-8-9-18(32-16)22(27)30-4/h5,8-12H,1,6-7,13H2,2-4H3,(H,24,28). The van der Waals surface area contributed by atoms with Crippen LogP contribution in [0.25, 0.3) is 6.08 Å². The Labute approximate surface area is 185 Å². The molecule has 2 aromatic rings. The Morgan fingerprint density at radius 3 is 2.69 bits per heavy atom. The third kappa shape index (κ3) is 4.66. The minimum absolute atomic E-state index is 0.0125. The van der Waals surface area contributed by atoms with Gasteiger partial charge in [-0.15, -0.1) is 6.58 Å². The third-order valence-corrected chi connectivity index (χ3v) is 4.66. The van der Waals surface area contributed by atoms with Crippen LogP contribution in [-0.4, -0.2) is 43.6 Å². The first-order valence-corrected chi connectivity index (χ1v) is 9.88. The summed E-state index contributed by atoms with van der Waals surface area (Å²) in [5.41, 5.74) is 1.59. The summed E-state index contributed by atoms with van der Waals surface area (Å²) in [6, 6.07) is 5.90.